The molecule has 0 saturated heterocycles. The third-order valence-corrected chi connectivity index (χ3v) is 1.49. The summed E-state index contributed by atoms with van der Waals surface area (Å²) in [4.78, 5) is 10.0. The van der Waals surface area contributed by atoms with E-state index < -0.39 is 5.97 Å². The summed E-state index contributed by atoms with van der Waals surface area (Å²) in [6, 6.07) is 0. The number of carboxylic acids is 1. The van der Waals surface area contributed by atoms with E-state index in [1.807, 2.05) is 0 Å². The number of hydrogen-bond donors (Lipinski definition) is 1. The zero-order chi connectivity index (χ0) is 9.82. The fourth-order valence-corrected chi connectivity index (χ4v) is 0.880. The molecule has 72 valence electrons. The Bertz CT molecular complexity index is 94.5. The van der Waals surface area contributed by atoms with Crippen molar-refractivity contribution in [2.45, 2.75) is 50.1 Å². The molecular formula is C9H21InO2. The fraction of sp³-hybridized carbons (Fsp3) is 0.889. The van der Waals surface area contributed by atoms with Crippen molar-refractivity contribution in [2.24, 2.45) is 0 Å². The third-order valence-electron chi connectivity index (χ3n) is 1.49. The van der Waals surface area contributed by atoms with Gasteiger partial charge in [-0.15, -0.1) is 0 Å². The van der Waals surface area contributed by atoms with Crippen molar-refractivity contribution in [2.75, 3.05) is 0 Å². The summed E-state index contributed by atoms with van der Waals surface area (Å²) in [5, 5.41) is 8.27. The van der Waals surface area contributed by atoms with Gasteiger partial charge in [-0.05, 0) is 6.42 Å². The molecule has 0 bridgehead atoms. The Balaban J connectivity index is 0. The van der Waals surface area contributed by atoms with Crippen molar-refractivity contribution in [3.05, 3.63) is 0 Å². The van der Waals surface area contributed by atoms with Gasteiger partial charge in [0.2, 0.25) is 0 Å². The Morgan fingerprint density at radius 1 is 1.17 bits per heavy atom. The number of rotatable bonds is 6. The summed E-state index contributed by atoms with van der Waals surface area (Å²) in [7, 11) is 0. The van der Waals surface area contributed by atoms with Gasteiger partial charge >= 0.3 is 35.0 Å². The van der Waals surface area contributed by atoms with E-state index in [1.165, 1.54) is 19.3 Å². The molecule has 0 aliphatic rings. The average molecular weight is 276 g/mol. The molecule has 0 radical (unpaired) electrons. The summed E-state index contributed by atoms with van der Waals surface area (Å²) in [6.07, 6.45) is 5.88. The molecule has 0 aromatic carbocycles. The van der Waals surface area contributed by atoms with Crippen LogP contribution in [-0.2, 0) is 4.79 Å². The molecule has 0 atom stereocenters. The molecule has 3 heteroatoms. The molecule has 0 aromatic heterocycles. The molecule has 1 N–H and O–H groups in total. The molecule has 0 saturated carbocycles. The number of carbonyl (C=O) groups is 1. The zero-order valence-corrected chi connectivity index (χ0v) is 14.3. The second-order valence-corrected chi connectivity index (χ2v) is 2.56. The van der Waals surface area contributed by atoms with Crippen LogP contribution < -0.4 is 0 Å². The van der Waals surface area contributed by atoms with E-state index in [9.17, 15) is 4.79 Å². The number of hydrogen-bond acceptors (Lipinski definition) is 1. The van der Waals surface area contributed by atoms with Gasteiger partial charge in [0.05, 0.1) is 0 Å². The first-order valence-electron chi connectivity index (χ1n) is 4.99. The van der Waals surface area contributed by atoms with Crippen molar-refractivity contribution in [3.63, 3.8) is 0 Å². The van der Waals surface area contributed by atoms with Crippen molar-refractivity contribution < 1.29 is 9.90 Å². The molecule has 0 aromatic rings. The first-order chi connectivity index (χ1) is 5.77. The van der Waals surface area contributed by atoms with E-state index in [2.05, 4.69) is 11.6 Å². The summed E-state index contributed by atoms with van der Waals surface area (Å²) < 4.78 is 2.21. The maximum atomic E-state index is 10.0. The number of carboxylic acid groups (broad SMARTS) is 1. The van der Waals surface area contributed by atoms with Gasteiger partial charge in [0.15, 0.2) is 0 Å². The maximum absolute atomic E-state index is 10.0. The second-order valence-electron chi connectivity index (χ2n) is 2.56. The van der Waals surface area contributed by atoms with Crippen LogP contribution >= 0.6 is 0 Å². The fourth-order valence-electron chi connectivity index (χ4n) is 0.880. The second kappa shape index (κ2) is 13.9. The minimum atomic E-state index is -0.670. The molecule has 0 spiro atoms. The molecule has 0 aliphatic heterocycles. The van der Waals surface area contributed by atoms with Crippen LogP contribution in [0.5, 0.6) is 0 Å². The molecule has 12 heavy (non-hydrogen) atoms. The molecule has 0 unspecified atom stereocenters. The van der Waals surface area contributed by atoms with Gasteiger partial charge in [0, 0.05) is 6.42 Å². The Morgan fingerprint density at radius 3 is 2.08 bits per heavy atom. The summed E-state index contributed by atoms with van der Waals surface area (Å²) in [5.41, 5.74) is 0. The third kappa shape index (κ3) is 16.7. The molecule has 0 heterocycles. The van der Waals surface area contributed by atoms with Crippen LogP contribution in [0.15, 0.2) is 0 Å². The van der Waals surface area contributed by atoms with E-state index in [-0.39, 0.29) is 0 Å². The van der Waals surface area contributed by atoms with Crippen LogP contribution in [0.1, 0.15) is 45.4 Å². The van der Waals surface area contributed by atoms with Crippen LogP contribution in [0.25, 0.3) is 0 Å². The van der Waals surface area contributed by atoms with Gasteiger partial charge in [-0.25, -0.2) is 0 Å². The van der Waals surface area contributed by atoms with Crippen molar-refractivity contribution >= 4 is 30.3 Å². The van der Waals surface area contributed by atoms with Gasteiger partial charge in [0.1, 0.15) is 0 Å². The molecule has 2 nitrogen and oxygen atoms in total. The van der Waals surface area contributed by atoms with Gasteiger partial charge < -0.3 is 5.11 Å². The Hall–Kier alpha value is 0.340. The average Bonchev–Trinajstić information content (AvgIpc) is 2.07. The van der Waals surface area contributed by atoms with E-state index in [0.717, 1.165) is 37.2 Å². The summed E-state index contributed by atoms with van der Waals surface area (Å²) in [6.45, 7) is 2.15. The topological polar surface area (TPSA) is 37.3 Å². The predicted octanol–water partition coefficient (Wildman–Crippen LogP) is 2.10. The Labute approximate surface area is 90.3 Å². The van der Waals surface area contributed by atoms with E-state index in [1.54, 1.807) is 0 Å². The van der Waals surface area contributed by atoms with Gasteiger partial charge in [-0.2, -0.15) is 0 Å². The predicted molar refractivity (Wildman–Crippen MR) is 55.4 cm³/mol. The normalized spacial score (nSPS) is 8.50. The molecule has 0 fully saturated rings. The van der Waals surface area contributed by atoms with Crippen molar-refractivity contribution in [1.82, 2.24) is 0 Å². The quantitative estimate of drug-likeness (QED) is 0.754. The molecule has 0 rings (SSSR count). The van der Waals surface area contributed by atoms with Crippen LogP contribution in [0.3, 0.4) is 0 Å². The molecule has 0 amide bonds. The molecular weight excluding hydrogens is 255 g/mol. The standard InChI is InChI=1S/C8H16O2.CH3.In.2H/c1-2-3-4-5-6-7-8(9)10;;;;/h2-7H2,1H3,(H,9,10);1H3;;;. The van der Waals surface area contributed by atoms with Gasteiger partial charge in [-0.1, -0.05) is 32.6 Å². The zero-order valence-electron chi connectivity index (χ0n) is 8.60. The number of unbranched alkanes of at least 4 members (excludes halogenated alkanes) is 4. The SMILES string of the molecule is CCCCCCCC(=O)O.[CH3][InH2]. The summed E-state index contributed by atoms with van der Waals surface area (Å²) in [5.74, 6) is -0.670. The van der Waals surface area contributed by atoms with Crippen LogP contribution in [0, 0.1) is 0 Å². The van der Waals surface area contributed by atoms with Gasteiger partial charge in [0.25, 0.3) is 0 Å². The van der Waals surface area contributed by atoms with Crippen LogP contribution in [-0.4, -0.2) is 35.5 Å². The van der Waals surface area contributed by atoms with E-state index in [0.29, 0.717) is 6.42 Å². The van der Waals surface area contributed by atoms with E-state index in [4.69, 9.17) is 5.11 Å². The van der Waals surface area contributed by atoms with Gasteiger partial charge in [-0.3, -0.25) is 4.79 Å². The monoisotopic (exact) mass is 276 g/mol. The molecule has 0 aliphatic carbocycles. The van der Waals surface area contributed by atoms with Crippen molar-refractivity contribution in [1.29, 1.82) is 0 Å². The first-order valence-corrected chi connectivity index (χ1v) is 10.7. The summed E-state index contributed by atoms with van der Waals surface area (Å²) >= 11 is 0.950. The van der Waals surface area contributed by atoms with Crippen molar-refractivity contribution in [3.8, 4) is 0 Å². The number of aliphatic carboxylic acids is 1. The van der Waals surface area contributed by atoms with E-state index >= 15 is 0 Å². The first kappa shape index (κ1) is 14.8. The van der Waals surface area contributed by atoms with Crippen LogP contribution in [0.4, 0.5) is 0 Å². The van der Waals surface area contributed by atoms with Crippen LogP contribution in [0.2, 0.25) is 4.68 Å². The Kier molecular flexibility index (Phi) is 17.2. The minimum absolute atomic E-state index is 0.337. The Morgan fingerprint density at radius 2 is 1.67 bits per heavy atom.